The van der Waals surface area contributed by atoms with Crippen molar-refractivity contribution in [2.24, 2.45) is 17.8 Å². The maximum Gasteiger partial charge on any atom is 0.308 e. The number of anilines is 1. The van der Waals surface area contributed by atoms with E-state index in [0.29, 0.717) is 39.5 Å². The Hall–Kier alpha value is -4.34. The SMILES string of the molecule is O=C(O)C1C2CCC(CC2)C1Nc1cc(-c2ccc(C(=O)N3CCCCC3)cc2)nc(-c2c[nH]c3ncc(F)cc23)n1. The second kappa shape index (κ2) is 10.8. The van der Waals surface area contributed by atoms with E-state index in [2.05, 4.69) is 15.3 Å². The fourth-order valence-electron chi connectivity index (χ4n) is 7.20. The topological polar surface area (TPSA) is 124 Å². The number of carboxylic acid groups (broad SMARTS) is 1. The number of pyridine rings is 1. The van der Waals surface area contributed by atoms with Crippen molar-refractivity contribution in [1.82, 2.24) is 24.8 Å². The number of halogens is 1. The first-order valence-corrected chi connectivity index (χ1v) is 14.9. The maximum absolute atomic E-state index is 14.2. The molecular formula is C32H33FN6O3. The van der Waals surface area contributed by atoms with Gasteiger partial charge in [0.25, 0.3) is 5.91 Å². The number of H-pyrrole nitrogens is 1. The predicted molar refractivity (Wildman–Crippen MR) is 156 cm³/mol. The molecule has 1 aromatic carbocycles. The quantitative estimate of drug-likeness (QED) is 0.270. The Morgan fingerprint density at radius 2 is 1.71 bits per heavy atom. The van der Waals surface area contributed by atoms with Crippen LogP contribution in [0.4, 0.5) is 10.2 Å². The van der Waals surface area contributed by atoms with Crippen LogP contribution in [-0.4, -0.2) is 61.0 Å². The van der Waals surface area contributed by atoms with Crippen LogP contribution in [0.1, 0.15) is 55.3 Å². The Morgan fingerprint density at radius 3 is 2.45 bits per heavy atom. The maximum atomic E-state index is 14.2. The number of aromatic amines is 1. The molecule has 8 rings (SSSR count). The molecule has 4 aliphatic rings. The number of carbonyl (C=O) groups is 2. The summed E-state index contributed by atoms with van der Waals surface area (Å²) >= 11 is 0. The lowest BCUT2D eigenvalue weighted by Crippen LogP contribution is -2.51. The number of piperidine rings is 1. The summed E-state index contributed by atoms with van der Waals surface area (Å²) in [5.41, 5.74) is 3.16. The lowest BCUT2D eigenvalue weighted by molar-refractivity contribution is -0.148. The molecule has 3 saturated carbocycles. The number of benzene rings is 1. The first-order chi connectivity index (χ1) is 20.4. The van der Waals surface area contributed by atoms with Gasteiger partial charge >= 0.3 is 5.97 Å². The van der Waals surface area contributed by atoms with E-state index in [0.717, 1.165) is 69.8 Å². The number of aliphatic carboxylic acids is 1. The molecule has 10 heteroatoms. The van der Waals surface area contributed by atoms with Crippen LogP contribution < -0.4 is 5.32 Å². The first kappa shape index (κ1) is 26.6. The average molecular weight is 569 g/mol. The average Bonchev–Trinajstić information content (AvgIpc) is 3.44. The van der Waals surface area contributed by atoms with Crippen LogP contribution in [0, 0.1) is 23.6 Å². The molecule has 0 radical (unpaired) electrons. The largest absolute Gasteiger partial charge is 0.481 e. The van der Waals surface area contributed by atoms with Gasteiger partial charge in [0.15, 0.2) is 5.82 Å². The predicted octanol–water partition coefficient (Wildman–Crippen LogP) is 5.75. The summed E-state index contributed by atoms with van der Waals surface area (Å²) in [5, 5.41) is 14.2. The van der Waals surface area contributed by atoms with Crippen molar-refractivity contribution in [3.63, 3.8) is 0 Å². The molecular weight excluding hydrogens is 535 g/mol. The van der Waals surface area contributed by atoms with Crippen molar-refractivity contribution >= 4 is 28.7 Å². The number of rotatable bonds is 6. The van der Waals surface area contributed by atoms with Gasteiger partial charge < -0.3 is 20.3 Å². The van der Waals surface area contributed by atoms with Crippen LogP contribution >= 0.6 is 0 Å². The fourth-order valence-corrected chi connectivity index (χ4v) is 7.20. The number of likely N-dealkylation sites (tertiary alicyclic amines) is 1. The summed E-state index contributed by atoms with van der Waals surface area (Å²) in [7, 11) is 0. The van der Waals surface area contributed by atoms with E-state index in [1.165, 1.54) is 6.07 Å². The second-order valence-corrected chi connectivity index (χ2v) is 11.9. The Balaban J connectivity index is 1.27. The second-order valence-electron chi connectivity index (χ2n) is 11.9. The molecule has 2 atom stereocenters. The van der Waals surface area contributed by atoms with E-state index in [1.54, 1.807) is 6.20 Å². The molecule has 3 N–H and O–H groups in total. The zero-order valence-electron chi connectivity index (χ0n) is 23.2. The third-order valence-corrected chi connectivity index (χ3v) is 9.35. The van der Waals surface area contributed by atoms with Crippen molar-refractivity contribution in [3.8, 4) is 22.6 Å². The summed E-state index contributed by atoms with van der Waals surface area (Å²) in [6.07, 6.45) is 9.96. The van der Waals surface area contributed by atoms with E-state index in [9.17, 15) is 19.1 Å². The van der Waals surface area contributed by atoms with Crippen LogP contribution in [0.3, 0.4) is 0 Å². The first-order valence-electron chi connectivity index (χ1n) is 14.9. The van der Waals surface area contributed by atoms with Gasteiger partial charge in [-0.3, -0.25) is 9.59 Å². The van der Waals surface area contributed by atoms with Crippen LogP contribution in [0.5, 0.6) is 0 Å². The van der Waals surface area contributed by atoms with Crippen molar-refractivity contribution in [2.45, 2.75) is 51.0 Å². The summed E-state index contributed by atoms with van der Waals surface area (Å²) < 4.78 is 14.2. The lowest BCUT2D eigenvalue weighted by Gasteiger charge is -2.47. The zero-order chi connectivity index (χ0) is 28.8. The number of hydrogen-bond acceptors (Lipinski definition) is 6. The van der Waals surface area contributed by atoms with Gasteiger partial charge in [0.2, 0.25) is 0 Å². The third kappa shape index (κ3) is 4.88. The molecule has 3 aromatic heterocycles. The molecule has 9 nitrogen and oxygen atoms in total. The summed E-state index contributed by atoms with van der Waals surface area (Å²) in [5.74, 6) is -0.389. The van der Waals surface area contributed by atoms with Gasteiger partial charge in [-0.05, 0) is 75.0 Å². The number of hydrogen-bond donors (Lipinski definition) is 3. The van der Waals surface area contributed by atoms with Gasteiger partial charge in [-0.1, -0.05) is 12.1 Å². The monoisotopic (exact) mass is 568 g/mol. The molecule has 4 aromatic rings. The lowest BCUT2D eigenvalue weighted by atomic mass is 9.61. The number of nitrogens with zero attached hydrogens (tertiary/aromatic N) is 4. The molecule has 42 heavy (non-hydrogen) atoms. The summed E-state index contributed by atoms with van der Waals surface area (Å²) in [6, 6.07) is 10.4. The Morgan fingerprint density at radius 1 is 0.976 bits per heavy atom. The highest BCUT2D eigenvalue weighted by Crippen LogP contribution is 2.46. The fraction of sp³-hybridized carbons (Fsp3) is 0.406. The van der Waals surface area contributed by atoms with E-state index in [-0.39, 0.29) is 23.8 Å². The number of fused-ring (bicyclic) bond motifs is 4. The number of aromatic nitrogens is 4. The molecule has 3 aliphatic carbocycles. The summed E-state index contributed by atoms with van der Waals surface area (Å²) in [4.78, 5) is 44.1. The molecule has 4 heterocycles. The Kier molecular flexibility index (Phi) is 6.84. The van der Waals surface area contributed by atoms with Gasteiger partial charge in [-0.25, -0.2) is 19.3 Å². The van der Waals surface area contributed by atoms with Gasteiger partial charge in [-0.15, -0.1) is 0 Å². The number of nitrogens with one attached hydrogen (secondary N) is 2. The normalized spacial score (nSPS) is 23.7. The Bertz CT molecular complexity index is 1640. The van der Waals surface area contributed by atoms with Crippen molar-refractivity contribution in [1.29, 1.82) is 0 Å². The van der Waals surface area contributed by atoms with Crippen molar-refractivity contribution in [3.05, 3.63) is 60.2 Å². The smallest absolute Gasteiger partial charge is 0.308 e. The Labute approximate surface area is 242 Å². The van der Waals surface area contributed by atoms with Gasteiger partial charge in [0, 0.05) is 53.5 Å². The molecule has 1 amide bonds. The van der Waals surface area contributed by atoms with E-state index >= 15 is 0 Å². The molecule has 2 unspecified atom stereocenters. The molecule has 1 saturated heterocycles. The molecule has 4 fully saturated rings. The number of carbonyl (C=O) groups excluding carboxylic acids is 1. The standard InChI is InChI=1S/C32H33FN6O3/c33-22-14-23-24(17-35-29(23)34-16-22)30-36-25(18-4-10-21(11-5-18)31(40)39-12-2-1-3-13-39)15-26(38-30)37-28-20-8-6-19(7-9-20)27(28)32(41)42/h4-5,10-11,14-17,19-20,27-28H,1-3,6-9,12-13H2,(H,34,35)(H,41,42)(H,36,37,38). The van der Waals surface area contributed by atoms with Crippen LogP contribution in [-0.2, 0) is 4.79 Å². The van der Waals surface area contributed by atoms with Crippen LogP contribution in [0.25, 0.3) is 33.7 Å². The summed E-state index contributed by atoms with van der Waals surface area (Å²) in [6.45, 7) is 1.57. The minimum Gasteiger partial charge on any atom is -0.481 e. The van der Waals surface area contributed by atoms with Gasteiger partial charge in [-0.2, -0.15) is 0 Å². The zero-order valence-corrected chi connectivity index (χ0v) is 23.2. The third-order valence-electron chi connectivity index (χ3n) is 9.35. The number of amides is 1. The van der Waals surface area contributed by atoms with E-state index in [4.69, 9.17) is 9.97 Å². The highest BCUT2D eigenvalue weighted by atomic mass is 19.1. The highest BCUT2D eigenvalue weighted by molar-refractivity contribution is 5.95. The number of carboxylic acids is 1. The molecule has 1 aliphatic heterocycles. The minimum atomic E-state index is -0.774. The molecule has 2 bridgehead atoms. The molecule has 0 spiro atoms. The van der Waals surface area contributed by atoms with Crippen molar-refractivity contribution < 1.29 is 19.1 Å². The van der Waals surface area contributed by atoms with E-state index in [1.807, 2.05) is 35.2 Å². The van der Waals surface area contributed by atoms with Gasteiger partial charge in [0.1, 0.15) is 17.3 Å². The van der Waals surface area contributed by atoms with E-state index < -0.39 is 17.7 Å². The van der Waals surface area contributed by atoms with Crippen molar-refractivity contribution in [2.75, 3.05) is 18.4 Å². The van der Waals surface area contributed by atoms with Crippen LogP contribution in [0.15, 0.2) is 48.8 Å². The molecule has 216 valence electrons. The highest BCUT2D eigenvalue weighted by Gasteiger charge is 2.47. The van der Waals surface area contributed by atoms with Crippen LogP contribution in [0.2, 0.25) is 0 Å². The minimum absolute atomic E-state index is 0.0346. The van der Waals surface area contributed by atoms with Gasteiger partial charge in [0.05, 0.1) is 17.8 Å².